The lowest BCUT2D eigenvalue weighted by atomic mass is 9.79. The van der Waals surface area contributed by atoms with E-state index in [1.165, 1.54) is 0 Å². The molecule has 1 unspecified atom stereocenters. The largest absolute Gasteiger partial charge is 0.481 e. The molecule has 0 amide bonds. The van der Waals surface area contributed by atoms with Crippen LogP contribution in [0.4, 0.5) is 0 Å². The molecule has 0 saturated heterocycles. The van der Waals surface area contributed by atoms with Crippen LogP contribution in [0.2, 0.25) is 0 Å². The predicted molar refractivity (Wildman–Crippen MR) is 50.0 cm³/mol. The summed E-state index contributed by atoms with van der Waals surface area (Å²) in [5.41, 5.74) is 1.08. The molecule has 12 heavy (non-hydrogen) atoms. The Morgan fingerprint density at radius 2 is 2.00 bits per heavy atom. The minimum atomic E-state index is -0.744. The van der Waals surface area contributed by atoms with E-state index < -0.39 is 5.97 Å². The number of rotatable bonds is 3. The van der Waals surface area contributed by atoms with Crippen LogP contribution >= 0.6 is 0 Å². The first-order chi connectivity index (χ1) is 5.70. The Hall–Kier alpha value is -1.25. The first-order valence-corrected chi connectivity index (χ1v) is 3.97. The van der Waals surface area contributed by atoms with Crippen LogP contribution in [0.5, 0.6) is 0 Å². The van der Waals surface area contributed by atoms with Crippen LogP contribution in [-0.4, -0.2) is 18.9 Å². The zero-order valence-corrected chi connectivity index (χ0v) is 7.03. The number of hydrogen-bond acceptors (Lipinski definition) is 1. The molecular weight excluding hydrogens is 151 g/mol. The van der Waals surface area contributed by atoms with Crippen LogP contribution in [0, 0.1) is 0 Å². The lowest BCUT2D eigenvalue weighted by molar-refractivity contribution is -0.137. The first-order valence-electron chi connectivity index (χ1n) is 3.97. The van der Waals surface area contributed by atoms with Gasteiger partial charge in [-0.3, -0.25) is 4.79 Å². The van der Waals surface area contributed by atoms with Gasteiger partial charge >= 0.3 is 5.97 Å². The molecule has 0 saturated carbocycles. The maximum Gasteiger partial charge on any atom is 0.303 e. The third kappa shape index (κ3) is 2.42. The predicted octanol–water partition coefficient (Wildman–Crippen LogP) is 0.835. The Balaban J connectivity index is 2.65. The van der Waals surface area contributed by atoms with Gasteiger partial charge in [-0.15, -0.1) is 0 Å². The van der Waals surface area contributed by atoms with Gasteiger partial charge in [0.15, 0.2) is 0 Å². The van der Waals surface area contributed by atoms with Gasteiger partial charge < -0.3 is 5.11 Å². The van der Waals surface area contributed by atoms with Crippen molar-refractivity contribution in [3.05, 3.63) is 35.9 Å². The third-order valence-corrected chi connectivity index (χ3v) is 1.85. The molecule has 1 N–H and O–H groups in total. The van der Waals surface area contributed by atoms with Gasteiger partial charge in [0.05, 0.1) is 0 Å². The van der Waals surface area contributed by atoms with E-state index in [-0.39, 0.29) is 12.2 Å². The van der Waals surface area contributed by atoms with Crippen molar-refractivity contribution in [2.75, 3.05) is 0 Å². The number of carboxylic acids is 1. The summed E-state index contributed by atoms with van der Waals surface area (Å²) in [5, 5.41) is 8.55. The van der Waals surface area contributed by atoms with Crippen molar-refractivity contribution in [2.45, 2.75) is 12.2 Å². The Morgan fingerprint density at radius 1 is 1.42 bits per heavy atom. The normalized spacial score (nSPS) is 12.3. The van der Waals surface area contributed by atoms with Crippen LogP contribution < -0.4 is 0 Å². The Bertz CT molecular complexity index is 258. The van der Waals surface area contributed by atoms with Crippen molar-refractivity contribution < 1.29 is 9.90 Å². The SMILES string of the molecule is BC(CC(=O)O)c1ccccc1. The lowest BCUT2D eigenvalue weighted by Gasteiger charge is -2.07. The fourth-order valence-corrected chi connectivity index (χ4v) is 1.16. The van der Waals surface area contributed by atoms with Crippen molar-refractivity contribution >= 4 is 13.8 Å². The summed E-state index contributed by atoms with van der Waals surface area (Å²) in [5.74, 6) is -0.643. The van der Waals surface area contributed by atoms with E-state index in [1.54, 1.807) is 0 Å². The highest BCUT2D eigenvalue weighted by atomic mass is 16.4. The molecule has 0 aliphatic heterocycles. The van der Waals surface area contributed by atoms with Gasteiger partial charge in [-0.25, -0.2) is 0 Å². The molecule has 1 atom stereocenters. The zero-order chi connectivity index (χ0) is 8.97. The quantitative estimate of drug-likeness (QED) is 0.668. The molecule has 2 nitrogen and oxygen atoms in total. The second-order valence-corrected chi connectivity index (χ2v) is 2.91. The summed E-state index contributed by atoms with van der Waals surface area (Å²) in [4.78, 5) is 10.4. The van der Waals surface area contributed by atoms with Gasteiger partial charge in [-0.05, 0) is 5.82 Å². The summed E-state index contributed by atoms with van der Waals surface area (Å²) in [6, 6.07) is 9.68. The van der Waals surface area contributed by atoms with Crippen LogP contribution in [-0.2, 0) is 4.79 Å². The number of carbonyl (C=O) groups is 1. The summed E-state index contributed by atoms with van der Waals surface area (Å²) in [6.45, 7) is 0. The van der Waals surface area contributed by atoms with Crippen molar-refractivity contribution in [3.63, 3.8) is 0 Å². The minimum absolute atomic E-state index is 0.101. The monoisotopic (exact) mass is 162 g/mol. The summed E-state index contributed by atoms with van der Waals surface area (Å²) >= 11 is 0. The highest BCUT2D eigenvalue weighted by Gasteiger charge is 2.08. The molecule has 0 fully saturated rings. The smallest absolute Gasteiger partial charge is 0.303 e. The van der Waals surface area contributed by atoms with Gasteiger partial charge in [0.1, 0.15) is 7.85 Å². The minimum Gasteiger partial charge on any atom is -0.481 e. The van der Waals surface area contributed by atoms with E-state index in [1.807, 2.05) is 38.2 Å². The fourth-order valence-electron chi connectivity index (χ4n) is 1.16. The van der Waals surface area contributed by atoms with Crippen molar-refractivity contribution in [1.82, 2.24) is 0 Å². The summed E-state index contributed by atoms with van der Waals surface area (Å²) in [6.07, 6.45) is 0.198. The number of hydrogen-bond donors (Lipinski definition) is 1. The third-order valence-electron chi connectivity index (χ3n) is 1.85. The van der Waals surface area contributed by atoms with Gasteiger partial charge in [-0.1, -0.05) is 35.9 Å². The van der Waals surface area contributed by atoms with Crippen LogP contribution in [0.3, 0.4) is 0 Å². The maximum atomic E-state index is 10.4. The number of benzene rings is 1. The molecule has 0 aromatic heterocycles. The van der Waals surface area contributed by atoms with E-state index in [9.17, 15) is 4.79 Å². The van der Waals surface area contributed by atoms with Crippen LogP contribution in [0.1, 0.15) is 17.8 Å². The summed E-state index contributed by atoms with van der Waals surface area (Å²) in [7, 11) is 1.92. The van der Waals surface area contributed by atoms with Gasteiger partial charge in [0.25, 0.3) is 0 Å². The number of carboxylic acid groups (broad SMARTS) is 1. The van der Waals surface area contributed by atoms with E-state index in [4.69, 9.17) is 5.11 Å². The zero-order valence-electron chi connectivity index (χ0n) is 7.03. The van der Waals surface area contributed by atoms with E-state index in [2.05, 4.69) is 0 Å². The molecule has 1 aromatic rings. The molecule has 0 aliphatic rings. The Kier molecular flexibility index (Phi) is 2.91. The van der Waals surface area contributed by atoms with Crippen molar-refractivity contribution in [3.8, 4) is 0 Å². The van der Waals surface area contributed by atoms with E-state index in [0.717, 1.165) is 5.56 Å². The number of aliphatic carboxylic acids is 1. The van der Waals surface area contributed by atoms with E-state index >= 15 is 0 Å². The molecule has 1 rings (SSSR count). The maximum absolute atomic E-state index is 10.4. The Labute approximate surface area is 72.6 Å². The van der Waals surface area contributed by atoms with Crippen molar-refractivity contribution in [2.24, 2.45) is 0 Å². The average molecular weight is 162 g/mol. The van der Waals surface area contributed by atoms with Gasteiger partial charge in [0, 0.05) is 6.42 Å². The molecule has 0 bridgehead atoms. The molecule has 0 radical (unpaired) electrons. The fraction of sp³-hybridized carbons (Fsp3) is 0.222. The van der Waals surface area contributed by atoms with Crippen LogP contribution in [0.25, 0.3) is 0 Å². The molecular formula is C9H11BO2. The first kappa shape index (κ1) is 8.85. The van der Waals surface area contributed by atoms with Crippen LogP contribution in [0.15, 0.2) is 30.3 Å². The molecule has 0 heterocycles. The topological polar surface area (TPSA) is 37.3 Å². The van der Waals surface area contributed by atoms with Gasteiger partial charge in [0.2, 0.25) is 0 Å². The van der Waals surface area contributed by atoms with Crippen molar-refractivity contribution in [1.29, 1.82) is 0 Å². The second kappa shape index (κ2) is 3.95. The molecule has 0 spiro atoms. The molecule has 0 aliphatic carbocycles. The standard InChI is InChI=1S/C9H11BO2/c10-8(6-9(11)12)7-4-2-1-3-5-7/h1-5,8H,6,10H2,(H,11,12). The molecule has 3 heteroatoms. The molecule has 1 aromatic carbocycles. The average Bonchev–Trinajstić information content (AvgIpc) is 2.05. The Morgan fingerprint density at radius 3 is 2.50 bits per heavy atom. The van der Waals surface area contributed by atoms with E-state index in [0.29, 0.717) is 0 Å². The highest BCUT2D eigenvalue weighted by Crippen LogP contribution is 2.14. The summed E-state index contributed by atoms with van der Waals surface area (Å²) < 4.78 is 0. The van der Waals surface area contributed by atoms with Gasteiger partial charge in [-0.2, -0.15) is 0 Å². The highest BCUT2D eigenvalue weighted by molar-refractivity contribution is 6.13. The molecule has 62 valence electrons. The second-order valence-electron chi connectivity index (χ2n) is 2.91. The lowest BCUT2D eigenvalue weighted by Crippen LogP contribution is -2.05.